The van der Waals surface area contributed by atoms with Crippen LogP contribution in [0.4, 0.5) is 13.2 Å². The summed E-state index contributed by atoms with van der Waals surface area (Å²) in [5.41, 5.74) is 5.62. The minimum absolute atomic E-state index is 0.0558. The first-order valence-electron chi connectivity index (χ1n) is 3.64. The summed E-state index contributed by atoms with van der Waals surface area (Å²) in [6.45, 7) is 0.0740. The standard InChI is InChI=1S/C7H5BrClF3N2O/c8-4-1-3(2-13)14-6(9)5(4)15-7(10,11)12/h1H,2,13H2. The van der Waals surface area contributed by atoms with Gasteiger partial charge in [0.2, 0.25) is 0 Å². The maximum Gasteiger partial charge on any atom is 0.573 e. The molecule has 0 radical (unpaired) electrons. The average molecular weight is 305 g/mol. The number of hydrogen-bond acceptors (Lipinski definition) is 3. The molecule has 0 atom stereocenters. The molecule has 0 saturated heterocycles. The van der Waals surface area contributed by atoms with Gasteiger partial charge in [-0.1, -0.05) is 11.6 Å². The van der Waals surface area contributed by atoms with Gasteiger partial charge in [0.15, 0.2) is 10.9 Å². The number of nitrogens with zero attached hydrogens (tertiary/aromatic N) is 1. The summed E-state index contributed by atoms with van der Waals surface area (Å²) in [7, 11) is 0. The zero-order valence-corrected chi connectivity index (χ0v) is 9.45. The van der Waals surface area contributed by atoms with Gasteiger partial charge in [0.05, 0.1) is 10.2 Å². The van der Waals surface area contributed by atoms with Crippen LogP contribution in [0, 0.1) is 0 Å². The highest BCUT2D eigenvalue weighted by Gasteiger charge is 2.33. The lowest BCUT2D eigenvalue weighted by Crippen LogP contribution is -2.18. The normalized spacial score (nSPS) is 11.6. The summed E-state index contributed by atoms with van der Waals surface area (Å²) in [6, 6.07) is 1.31. The van der Waals surface area contributed by atoms with E-state index < -0.39 is 12.1 Å². The van der Waals surface area contributed by atoms with Crippen molar-refractivity contribution >= 4 is 27.5 Å². The predicted molar refractivity (Wildman–Crippen MR) is 51.5 cm³/mol. The third-order valence-electron chi connectivity index (χ3n) is 1.37. The van der Waals surface area contributed by atoms with Crippen molar-refractivity contribution in [2.45, 2.75) is 12.9 Å². The van der Waals surface area contributed by atoms with Gasteiger partial charge in [0, 0.05) is 6.54 Å². The molecule has 0 fully saturated rings. The van der Waals surface area contributed by atoms with Gasteiger partial charge in [-0.05, 0) is 22.0 Å². The molecule has 15 heavy (non-hydrogen) atoms. The van der Waals surface area contributed by atoms with Gasteiger partial charge >= 0.3 is 6.36 Å². The lowest BCUT2D eigenvalue weighted by Gasteiger charge is -2.12. The lowest BCUT2D eigenvalue weighted by atomic mass is 10.3. The van der Waals surface area contributed by atoms with Crippen LogP contribution in [0.2, 0.25) is 5.15 Å². The Morgan fingerprint density at radius 3 is 2.53 bits per heavy atom. The summed E-state index contributed by atoms with van der Waals surface area (Å²) < 4.78 is 39.5. The Balaban J connectivity index is 3.09. The monoisotopic (exact) mass is 304 g/mol. The van der Waals surface area contributed by atoms with Gasteiger partial charge in [0.1, 0.15) is 0 Å². The summed E-state index contributed by atoms with van der Waals surface area (Å²) >= 11 is 8.38. The number of pyridine rings is 1. The smallest absolute Gasteiger partial charge is 0.401 e. The molecule has 1 aromatic rings. The number of aromatic nitrogens is 1. The molecule has 1 rings (SSSR count). The number of nitrogens with two attached hydrogens (primary N) is 1. The molecular weight excluding hydrogens is 300 g/mol. The van der Waals surface area contributed by atoms with E-state index in [2.05, 4.69) is 25.7 Å². The maximum absolute atomic E-state index is 11.9. The molecule has 8 heteroatoms. The molecule has 2 N–H and O–H groups in total. The Morgan fingerprint density at radius 2 is 2.13 bits per heavy atom. The molecule has 0 spiro atoms. The van der Waals surface area contributed by atoms with Crippen LogP contribution in [-0.4, -0.2) is 11.3 Å². The second-order valence-corrected chi connectivity index (χ2v) is 3.68. The van der Waals surface area contributed by atoms with Crippen molar-refractivity contribution in [1.29, 1.82) is 0 Å². The zero-order valence-electron chi connectivity index (χ0n) is 7.11. The molecule has 1 heterocycles. The van der Waals surface area contributed by atoms with Crippen molar-refractivity contribution in [2.24, 2.45) is 5.73 Å². The first kappa shape index (κ1) is 12.5. The van der Waals surface area contributed by atoms with Gasteiger partial charge in [-0.2, -0.15) is 0 Å². The topological polar surface area (TPSA) is 48.1 Å². The molecule has 84 valence electrons. The van der Waals surface area contributed by atoms with Crippen LogP contribution in [-0.2, 0) is 6.54 Å². The van der Waals surface area contributed by atoms with Gasteiger partial charge < -0.3 is 10.5 Å². The van der Waals surface area contributed by atoms with E-state index in [4.69, 9.17) is 17.3 Å². The molecule has 1 aromatic heterocycles. The van der Waals surface area contributed by atoms with Crippen LogP contribution >= 0.6 is 27.5 Å². The molecule has 0 unspecified atom stereocenters. The van der Waals surface area contributed by atoms with Crippen molar-refractivity contribution in [3.05, 3.63) is 21.4 Å². The van der Waals surface area contributed by atoms with E-state index in [9.17, 15) is 13.2 Å². The molecular formula is C7H5BrClF3N2O. The zero-order chi connectivity index (χ0) is 11.6. The van der Waals surface area contributed by atoms with Crippen LogP contribution in [0.25, 0.3) is 0 Å². The first-order chi connectivity index (χ1) is 6.83. The second kappa shape index (κ2) is 4.54. The van der Waals surface area contributed by atoms with Crippen molar-refractivity contribution in [1.82, 2.24) is 4.98 Å². The summed E-state index contributed by atoms with van der Waals surface area (Å²) in [4.78, 5) is 3.62. The fourth-order valence-electron chi connectivity index (χ4n) is 0.831. The predicted octanol–water partition coefficient (Wildman–Crippen LogP) is 2.85. The largest absolute Gasteiger partial charge is 0.573 e. The van der Waals surface area contributed by atoms with Crippen molar-refractivity contribution in [3.63, 3.8) is 0 Å². The number of halogens is 5. The van der Waals surface area contributed by atoms with Gasteiger partial charge in [-0.25, -0.2) is 4.98 Å². The van der Waals surface area contributed by atoms with Crippen molar-refractivity contribution < 1.29 is 17.9 Å². The van der Waals surface area contributed by atoms with Crippen LogP contribution < -0.4 is 10.5 Å². The van der Waals surface area contributed by atoms with Crippen LogP contribution in [0.3, 0.4) is 0 Å². The summed E-state index contributed by atoms with van der Waals surface area (Å²) in [6.07, 6.45) is -4.81. The van der Waals surface area contributed by atoms with Crippen molar-refractivity contribution in [2.75, 3.05) is 0 Å². The molecule has 0 aliphatic carbocycles. The maximum atomic E-state index is 11.9. The molecule has 0 saturated carbocycles. The molecule has 0 aliphatic rings. The Labute approximate surface area is 96.5 Å². The first-order valence-corrected chi connectivity index (χ1v) is 4.81. The Hall–Kier alpha value is -0.530. The van der Waals surface area contributed by atoms with Crippen LogP contribution in [0.1, 0.15) is 5.69 Å². The van der Waals surface area contributed by atoms with E-state index >= 15 is 0 Å². The van der Waals surface area contributed by atoms with Crippen LogP contribution in [0.5, 0.6) is 5.75 Å². The van der Waals surface area contributed by atoms with Gasteiger partial charge in [-0.15, -0.1) is 13.2 Å². The third kappa shape index (κ3) is 3.51. The van der Waals surface area contributed by atoms with Crippen LogP contribution in [0.15, 0.2) is 10.5 Å². The van der Waals surface area contributed by atoms with E-state index in [-0.39, 0.29) is 16.2 Å². The molecule has 0 bridgehead atoms. The number of hydrogen-bond donors (Lipinski definition) is 1. The number of ether oxygens (including phenoxy) is 1. The third-order valence-corrected chi connectivity index (χ3v) is 2.21. The van der Waals surface area contributed by atoms with E-state index in [1.807, 2.05) is 0 Å². The van der Waals surface area contributed by atoms with E-state index in [0.717, 1.165) is 0 Å². The minimum atomic E-state index is -4.81. The van der Waals surface area contributed by atoms with E-state index in [1.54, 1.807) is 0 Å². The quantitative estimate of drug-likeness (QED) is 0.855. The summed E-state index contributed by atoms with van der Waals surface area (Å²) in [5.74, 6) is -0.568. The number of alkyl halides is 3. The molecule has 0 aromatic carbocycles. The SMILES string of the molecule is NCc1cc(Br)c(OC(F)(F)F)c(Cl)n1. The highest BCUT2D eigenvalue weighted by atomic mass is 79.9. The fraction of sp³-hybridized carbons (Fsp3) is 0.286. The highest BCUT2D eigenvalue weighted by Crippen LogP contribution is 2.35. The summed E-state index contributed by atoms with van der Waals surface area (Å²) in [5, 5.41) is -0.387. The average Bonchev–Trinajstić information content (AvgIpc) is 2.09. The molecule has 0 amide bonds. The lowest BCUT2D eigenvalue weighted by molar-refractivity contribution is -0.275. The van der Waals surface area contributed by atoms with Gasteiger partial charge in [0.25, 0.3) is 0 Å². The fourth-order valence-corrected chi connectivity index (χ4v) is 1.73. The van der Waals surface area contributed by atoms with E-state index in [1.165, 1.54) is 6.07 Å². The van der Waals surface area contributed by atoms with E-state index in [0.29, 0.717) is 5.69 Å². The highest BCUT2D eigenvalue weighted by molar-refractivity contribution is 9.10. The van der Waals surface area contributed by atoms with Crippen molar-refractivity contribution in [3.8, 4) is 5.75 Å². The second-order valence-electron chi connectivity index (χ2n) is 2.47. The Kier molecular flexibility index (Phi) is 3.80. The Morgan fingerprint density at radius 1 is 1.53 bits per heavy atom. The molecule has 3 nitrogen and oxygen atoms in total. The molecule has 0 aliphatic heterocycles. The van der Waals surface area contributed by atoms with Gasteiger partial charge in [-0.3, -0.25) is 0 Å². The Bertz CT molecular complexity index is 349. The number of rotatable bonds is 2. The minimum Gasteiger partial charge on any atom is -0.401 e.